The van der Waals surface area contributed by atoms with Crippen LogP contribution in [0.3, 0.4) is 0 Å². The first-order valence-corrected chi connectivity index (χ1v) is 13.3. The topological polar surface area (TPSA) is 69.6 Å². The van der Waals surface area contributed by atoms with Gasteiger partial charge in [-0.15, -0.1) is 0 Å². The summed E-state index contributed by atoms with van der Waals surface area (Å²) in [5.41, 5.74) is 3.10. The summed E-state index contributed by atoms with van der Waals surface area (Å²) in [5.74, 6) is 1.22. The largest absolute Gasteiger partial charge is 0.483 e. The molecule has 0 spiro atoms. The molecule has 2 aliphatic rings. The van der Waals surface area contributed by atoms with Crippen molar-refractivity contribution in [2.75, 3.05) is 6.54 Å². The van der Waals surface area contributed by atoms with Gasteiger partial charge in [0.15, 0.2) is 0 Å². The van der Waals surface area contributed by atoms with E-state index in [0.29, 0.717) is 5.92 Å². The number of carboxylic acid groups (broad SMARTS) is 1. The fourth-order valence-electron chi connectivity index (χ4n) is 4.60. The molecule has 0 aromatic heterocycles. The van der Waals surface area contributed by atoms with Gasteiger partial charge < -0.3 is 15.3 Å². The molecule has 1 atom stereocenters. The molecule has 1 heterocycles. The van der Waals surface area contributed by atoms with Gasteiger partial charge in [0.1, 0.15) is 0 Å². The lowest BCUT2D eigenvalue weighted by atomic mass is 9.74. The van der Waals surface area contributed by atoms with E-state index >= 15 is 0 Å². The highest BCUT2D eigenvalue weighted by Crippen LogP contribution is 2.41. The predicted octanol–water partition coefficient (Wildman–Crippen LogP) is 7.77. The zero-order valence-corrected chi connectivity index (χ0v) is 22.8. The lowest BCUT2D eigenvalue weighted by Crippen LogP contribution is -2.56. The van der Waals surface area contributed by atoms with Gasteiger partial charge in [0.05, 0.1) is 5.54 Å². The number of carbonyl (C=O) groups excluding carboxylic acids is 1. The van der Waals surface area contributed by atoms with Crippen molar-refractivity contribution in [3.63, 3.8) is 0 Å². The second kappa shape index (κ2) is 15.1. The quantitative estimate of drug-likeness (QED) is 0.364. The number of hydrogen-bond donors (Lipinski definition) is 2. The van der Waals surface area contributed by atoms with E-state index in [9.17, 15) is 4.79 Å². The van der Waals surface area contributed by atoms with Gasteiger partial charge in [-0.25, -0.2) is 4.79 Å². The molecular weight excluding hydrogens is 448 g/mol. The maximum absolute atomic E-state index is 12.8. The average molecular weight is 493 g/mol. The SMILES string of the molecule is CCC.CCCN1C=C(C(C)C)[C@@](CC)(c2ccc(CCC3CCC3)c(Cl)c2)NC1=O.O=CO. The minimum atomic E-state index is -0.481. The van der Waals surface area contributed by atoms with Crippen LogP contribution in [0.4, 0.5) is 4.79 Å². The lowest BCUT2D eigenvalue weighted by molar-refractivity contribution is -0.122. The smallest absolute Gasteiger partial charge is 0.322 e. The average Bonchev–Trinajstić information content (AvgIpc) is 2.76. The first-order valence-electron chi connectivity index (χ1n) is 12.9. The van der Waals surface area contributed by atoms with Crippen LogP contribution in [-0.2, 0) is 16.8 Å². The number of nitrogens with one attached hydrogen (secondary N) is 1. The van der Waals surface area contributed by atoms with Gasteiger partial charge in [-0.05, 0) is 60.3 Å². The highest BCUT2D eigenvalue weighted by molar-refractivity contribution is 6.31. The van der Waals surface area contributed by atoms with Gasteiger partial charge in [0.25, 0.3) is 6.47 Å². The fraction of sp³-hybridized carbons (Fsp3) is 0.643. The van der Waals surface area contributed by atoms with Crippen LogP contribution in [0, 0.1) is 11.8 Å². The summed E-state index contributed by atoms with van der Waals surface area (Å²) in [7, 11) is 0. The van der Waals surface area contributed by atoms with Crippen LogP contribution < -0.4 is 5.32 Å². The highest BCUT2D eigenvalue weighted by Gasteiger charge is 2.42. The number of rotatable bonds is 8. The summed E-state index contributed by atoms with van der Waals surface area (Å²) in [5, 5.41) is 11.1. The Hall–Kier alpha value is -2.01. The van der Waals surface area contributed by atoms with E-state index in [1.165, 1.54) is 43.2 Å². The molecule has 6 heteroatoms. The Bertz CT molecular complexity index is 805. The summed E-state index contributed by atoms with van der Waals surface area (Å²) in [6.07, 6.45) is 11.5. The fourth-order valence-corrected chi connectivity index (χ4v) is 4.88. The van der Waals surface area contributed by atoms with Gasteiger partial charge in [-0.1, -0.05) is 91.0 Å². The van der Waals surface area contributed by atoms with Crippen LogP contribution in [0.25, 0.3) is 0 Å². The summed E-state index contributed by atoms with van der Waals surface area (Å²) < 4.78 is 0. The van der Waals surface area contributed by atoms with Gasteiger partial charge in [-0.2, -0.15) is 0 Å². The number of amides is 2. The predicted molar refractivity (Wildman–Crippen MR) is 142 cm³/mol. The van der Waals surface area contributed by atoms with E-state index < -0.39 is 5.54 Å². The molecule has 1 aliphatic carbocycles. The molecule has 34 heavy (non-hydrogen) atoms. The number of carbonyl (C=O) groups is 2. The van der Waals surface area contributed by atoms with Crippen LogP contribution in [0.5, 0.6) is 0 Å². The van der Waals surface area contributed by atoms with E-state index in [0.717, 1.165) is 42.3 Å². The Labute approximate surface area is 212 Å². The molecule has 0 unspecified atom stereocenters. The molecule has 1 aromatic rings. The maximum Gasteiger partial charge on any atom is 0.322 e. The van der Waals surface area contributed by atoms with Crippen molar-refractivity contribution < 1.29 is 14.7 Å². The van der Waals surface area contributed by atoms with Crippen LogP contribution in [0.1, 0.15) is 97.6 Å². The third-order valence-corrected chi connectivity index (χ3v) is 6.93. The van der Waals surface area contributed by atoms with Crippen molar-refractivity contribution in [2.45, 2.75) is 98.4 Å². The monoisotopic (exact) mass is 492 g/mol. The number of nitrogens with zero attached hydrogens (tertiary/aromatic N) is 1. The third-order valence-electron chi connectivity index (χ3n) is 6.58. The molecule has 0 radical (unpaired) electrons. The summed E-state index contributed by atoms with van der Waals surface area (Å²) in [6, 6.07) is 6.43. The second-order valence-corrected chi connectivity index (χ2v) is 9.98. The van der Waals surface area contributed by atoms with Crippen molar-refractivity contribution in [2.24, 2.45) is 11.8 Å². The first-order chi connectivity index (χ1) is 16.2. The molecule has 3 rings (SSSR count). The number of benzene rings is 1. The molecular formula is C28H45ClN2O3. The van der Waals surface area contributed by atoms with Gasteiger partial charge in [0.2, 0.25) is 0 Å². The summed E-state index contributed by atoms with van der Waals surface area (Å²) in [4.78, 5) is 23.0. The molecule has 2 amide bonds. The Morgan fingerprint density at radius 1 is 1.24 bits per heavy atom. The van der Waals surface area contributed by atoms with Crippen molar-refractivity contribution in [1.82, 2.24) is 10.2 Å². The van der Waals surface area contributed by atoms with E-state index in [-0.39, 0.29) is 12.5 Å². The third kappa shape index (κ3) is 7.76. The second-order valence-electron chi connectivity index (χ2n) is 9.58. The molecule has 192 valence electrons. The van der Waals surface area contributed by atoms with Gasteiger partial charge in [0, 0.05) is 17.8 Å². The van der Waals surface area contributed by atoms with Gasteiger partial charge >= 0.3 is 6.03 Å². The zero-order valence-electron chi connectivity index (χ0n) is 22.0. The zero-order chi connectivity index (χ0) is 25.7. The van der Waals surface area contributed by atoms with Crippen LogP contribution >= 0.6 is 11.6 Å². The highest BCUT2D eigenvalue weighted by atomic mass is 35.5. The van der Waals surface area contributed by atoms with Crippen molar-refractivity contribution in [3.8, 4) is 0 Å². The van der Waals surface area contributed by atoms with E-state index in [2.05, 4.69) is 71.3 Å². The van der Waals surface area contributed by atoms with Crippen molar-refractivity contribution in [1.29, 1.82) is 0 Å². The lowest BCUT2D eigenvalue weighted by Gasteiger charge is -2.44. The van der Waals surface area contributed by atoms with Crippen molar-refractivity contribution in [3.05, 3.63) is 46.1 Å². The van der Waals surface area contributed by atoms with Crippen LogP contribution in [0.2, 0.25) is 5.02 Å². The van der Waals surface area contributed by atoms with Crippen LogP contribution in [0.15, 0.2) is 30.0 Å². The number of urea groups is 1. The van der Waals surface area contributed by atoms with E-state index in [4.69, 9.17) is 21.5 Å². The Morgan fingerprint density at radius 2 is 1.85 bits per heavy atom. The maximum atomic E-state index is 12.8. The van der Waals surface area contributed by atoms with E-state index in [1.807, 2.05) is 4.90 Å². The molecule has 1 aliphatic heterocycles. The molecule has 5 nitrogen and oxygen atoms in total. The molecule has 1 fully saturated rings. The molecule has 0 bridgehead atoms. The van der Waals surface area contributed by atoms with E-state index in [1.54, 1.807) is 0 Å². The minimum absolute atomic E-state index is 0.0155. The number of halogens is 1. The van der Waals surface area contributed by atoms with Crippen LogP contribution in [-0.4, -0.2) is 29.1 Å². The molecule has 1 aromatic carbocycles. The standard InChI is InChI=1S/C24H35ClN2O.C3H8.CH2O2/c1-5-14-27-16-21(17(3)4)24(6-2,26-23(27)28)20-13-12-19(22(25)15-20)11-10-18-8-7-9-18;1-3-2;2-1-3/h12-13,15-18H,5-11,14H2,1-4H3,(H,26,28);3H2,1-2H3;1H,(H,2,3)/t24-;;/m1../s1. The Balaban J connectivity index is 0.000000872. The Kier molecular flexibility index (Phi) is 13.3. The molecule has 1 saturated carbocycles. The Morgan fingerprint density at radius 3 is 2.29 bits per heavy atom. The number of aryl methyl sites for hydroxylation is 1. The summed E-state index contributed by atoms with van der Waals surface area (Å²) in [6.45, 7) is 13.4. The first kappa shape index (κ1) is 30.0. The normalized spacial score (nSPS) is 19.7. The van der Waals surface area contributed by atoms with Crippen molar-refractivity contribution >= 4 is 24.1 Å². The molecule has 2 N–H and O–H groups in total. The minimum Gasteiger partial charge on any atom is -0.483 e. The molecule has 0 saturated heterocycles. The summed E-state index contributed by atoms with van der Waals surface area (Å²) >= 11 is 6.71. The number of hydrogen-bond acceptors (Lipinski definition) is 2. The van der Waals surface area contributed by atoms with Gasteiger partial charge in [-0.3, -0.25) is 4.79 Å².